The van der Waals surface area contributed by atoms with Crippen LogP contribution in [0.1, 0.15) is 21.5 Å². The van der Waals surface area contributed by atoms with Crippen molar-refractivity contribution in [2.24, 2.45) is 5.73 Å². The number of nitrogens with zero attached hydrogens (tertiary/aromatic N) is 3. The van der Waals surface area contributed by atoms with E-state index in [0.717, 1.165) is 21.8 Å². The summed E-state index contributed by atoms with van der Waals surface area (Å²) in [6.45, 7) is 0.635. The minimum atomic E-state index is -0.491. The van der Waals surface area contributed by atoms with Crippen LogP contribution in [-0.4, -0.2) is 20.4 Å². The topological polar surface area (TPSA) is 104 Å². The Morgan fingerprint density at radius 3 is 2.43 bits per heavy atom. The van der Waals surface area contributed by atoms with Crippen LogP contribution < -0.4 is 5.73 Å². The number of carbonyl (C=O) groups excluding carboxylic acids is 1. The van der Waals surface area contributed by atoms with Crippen LogP contribution in [0.15, 0.2) is 78.0 Å². The van der Waals surface area contributed by atoms with Crippen LogP contribution >= 0.6 is 11.8 Å². The summed E-state index contributed by atoms with van der Waals surface area (Å²) in [6, 6.07) is 21.8. The van der Waals surface area contributed by atoms with Crippen molar-refractivity contribution in [1.29, 1.82) is 0 Å². The maximum absolute atomic E-state index is 11.5. The van der Waals surface area contributed by atoms with Gasteiger partial charge >= 0.3 is 0 Å². The number of benzene rings is 3. The van der Waals surface area contributed by atoms with Crippen molar-refractivity contribution in [3.05, 3.63) is 99.6 Å². The Morgan fingerprint density at radius 2 is 1.77 bits per heavy atom. The normalized spacial score (nSPS) is 10.9. The van der Waals surface area contributed by atoms with Gasteiger partial charge in [-0.05, 0) is 29.3 Å². The molecule has 0 spiro atoms. The lowest BCUT2D eigenvalue weighted by Gasteiger charge is -2.09. The number of primary amides is 1. The predicted molar refractivity (Wildman–Crippen MR) is 116 cm³/mol. The summed E-state index contributed by atoms with van der Waals surface area (Å²) in [5.41, 5.74) is 9.61. The fraction of sp³-hybridized carbons (Fsp3) is 0.0909. The zero-order chi connectivity index (χ0) is 21.1. The predicted octanol–water partition coefficient (Wildman–Crippen LogP) is 4.38. The average molecular weight is 418 g/mol. The quantitative estimate of drug-likeness (QED) is 0.272. The molecule has 0 aliphatic carbocycles. The second-order valence-electron chi connectivity index (χ2n) is 6.75. The molecule has 0 aliphatic rings. The Bertz CT molecular complexity index is 1220. The number of hydrogen-bond donors (Lipinski definition) is 1. The number of amides is 1. The van der Waals surface area contributed by atoms with Crippen molar-refractivity contribution in [3.8, 4) is 0 Å². The zero-order valence-electron chi connectivity index (χ0n) is 15.9. The highest BCUT2D eigenvalue weighted by atomic mass is 32.2. The molecule has 0 bridgehead atoms. The number of non-ortho nitro benzene ring substituents is 1. The average Bonchev–Trinajstić information content (AvgIpc) is 3.09. The number of carbonyl (C=O) groups is 1. The number of nitro benzene ring substituents is 1. The monoisotopic (exact) mass is 418 g/mol. The molecule has 3 aromatic carbocycles. The number of nitrogens with two attached hydrogens (primary N) is 1. The van der Waals surface area contributed by atoms with E-state index in [1.165, 1.54) is 23.9 Å². The molecule has 1 amide bonds. The van der Waals surface area contributed by atoms with E-state index in [0.29, 0.717) is 23.4 Å². The standard InChI is InChI=1S/C22H18N4O3S/c23-21(27)17-8-11-20-19(12-17)24-22(25(20)13-15-4-2-1-3-5-15)30-14-16-6-9-18(10-7-16)26(28)29/h1-12H,13-14H2,(H2,23,27). The van der Waals surface area contributed by atoms with Crippen molar-refractivity contribution in [2.45, 2.75) is 17.5 Å². The molecule has 7 nitrogen and oxygen atoms in total. The first kappa shape index (κ1) is 19.7. The van der Waals surface area contributed by atoms with Crippen LogP contribution in [-0.2, 0) is 12.3 Å². The summed E-state index contributed by atoms with van der Waals surface area (Å²) >= 11 is 1.54. The first-order valence-electron chi connectivity index (χ1n) is 9.21. The van der Waals surface area contributed by atoms with Gasteiger partial charge in [-0.1, -0.05) is 54.2 Å². The van der Waals surface area contributed by atoms with E-state index in [4.69, 9.17) is 10.7 Å². The molecular formula is C22H18N4O3S. The highest BCUT2D eigenvalue weighted by molar-refractivity contribution is 7.98. The summed E-state index contributed by atoms with van der Waals surface area (Å²) in [6.07, 6.45) is 0. The highest BCUT2D eigenvalue weighted by Crippen LogP contribution is 2.29. The lowest BCUT2D eigenvalue weighted by atomic mass is 10.2. The fourth-order valence-electron chi connectivity index (χ4n) is 3.15. The number of rotatable bonds is 7. The van der Waals surface area contributed by atoms with E-state index in [1.807, 2.05) is 36.4 Å². The molecule has 4 rings (SSSR count). The van der Waals surface area contributed by atoms with Crippen LogP contribution in [0.3, 0.4) is 0 Å². The van der Waals surface area contributed by atoms with Gasteiger partial charge in [0.1, 0.15) is 0 Å². The first-order chi connectivity index (χ1) is 14.5. The van der Waals surface area contributed by atoms with Crippen molar-refractivity contribution in [2.75, 3.05) is 0 Å². The molecule has 1 aromatic heterocycles. The van der Waals surface area contributed by atoms with Crippen molar-refractivity contribution in [1.82, 2.24) is 9.55 Å². The zero-order valence-corrected chi connectivity index (χ0v) is 16.7. The van der Waals surface area contributed by atoms with Crippen LogP contribution in [0.25, 0.3) is 11.0 Å². The molecule has 150 valence electrons. The van der Waals surface area contributed by atoms with E-state index in [9.17, 15) is 14.9 Å². The molecular weight excluding hydrogens is 400 g/mol. The number of imidazole rings is 1. The van der Waals surface area contributed by atoms with Crippen LogP contribution in [0, 0.1) is 10.1 Å². The molecule has 2 N–H and O–H groups in total. The molecule has 0 fully saturated rings. The van der Waals surface area contributed by atoms with E-state index < -0.39 is 10.8 Å². The van der Waals surface area contributed by atoms with Crippen LogP contribution in [0.2, 0.25) is 0 Å². The number of aromatic nitrogens is 2. The second-order valence-corrected chi connectivity index (χ2v) is 7.69. The Balaban J connectivity index is 1.66. The second kappa shape index (κ2) is 8.38. The van der Waals surface area contributed by atoms with Crippen molar-refractivity contribution in [3.63, 3.8) is 0 Å². The van der Waals surface area contributed by atoms with E-state index in [1.54, 1.807) is 24.3 Å². The third-order valence-corrected chi connectivity index (χ3v) is 5.74. The van der Waals surface area contributed by atoms with Crippen molar-refractivity contribution >= 4 is 34.4 Å². The van der Waals surface area contributed by atoms with E-state index in [-0.39, 0.29) is 5.69 Å². The number of nitro groups is 1. The van der Waals surface area contributed by atoms with Gasteiger partial charge in [0.05, 0.1) is 22.5 Å². The van der Waals surface area contributed by atoms with Gasteiger partial charge < -0.3 is 10.3 Å². The molecule has 8 heteroatoms. The summed E-state index contributed by atoms with van der Waals surface area (Å²) in [5, 5.41) is 11.6. The van der Waals surface area contributed by atoms with Crippen molar-refractivity contribution < 1.29 is 9.72 Å². The molecule has 0 atom stereocenters. The fourth-order valence-corrected chi connectivity index (χ4v) is 4.12. The van der Waals surface area contributed by atoms with Gasteiger partial charge in [0.25, 0.3) is 5.69 Å². The summed E-state index contributed by atoms with van der Waals surface area (Å²) < 4.78 is 2.10. The Labute approximate surface area is 176 Å². The smallest absolute Gasteiger partial charge is 0.269 e. The molecule has 1 heterocycles. The van der Waals surface area contributed by atoms with Gasteiger partial charge in [-0.15, -0.1) is 0 Å². The van der Waals surface area contributed by atoms with Gasteiger partial charge in [0.15, 0.2) is 5.16 Å². The van der Waals surface area contributed by atoms with Gasteiger partial charge in [-0.25, -0.2) is 4.98 Å². The molecule has 0 radical (unpaired) electrons. The number of fused-ring (bicyclic) bond motifs is 1. The minimum Gasteiger partial charge on any atom is -0.366 e. The Kier molecular flexibility index (Phi) is 5.49. The van der Waals surface area contributed by atoms with E-state index in [2.05, 4.69) is 4.57 Å². The van der Waals surface area contributed by atoms with E-state index >= 15 is 0 Å². The number of hydrogen-bond acceptors (Lipinski definition) is 5. The van der Waals surface area contributed by atoms with Gasteiger partial charge in [0.2, 0.25) is 5.91 Å². The van der Waals surface area contributed by atoms with Gasteiger partial charge in [-0.2, -0.15) is 0 Å². The third-order valence-electron chi connectivity index (χ3n) is 4.70. The maximum atomic E-state index is 11.5. The maximum Gasteiger partial charge on any atom is 0.269 e. The SMILES string of the molecule is NC(=O)c1ccc2c(c1)nc(SCc1ccc([N+](=O)[O-])cc1)n2Cc1ccccc1. The lowest BCUT2D eigenvalue weighted by Crippen LogP contribution is -2.10. The molecule has 0 aliphatic heterocycles. The third kappa shape index (κ3) is 4.18. The molecule has 0 saturated heterocycles. The highest BCUT2D eigenvalue weighted by Gasteiger charge is 2.14. The lowest BCUT2D eigenvalue weighted by molar-refractivity contribution is -0.384. The number of thioether (sulfide) groups is 1. The molecule has 4 aromatic rings. The first-order valence-corrected chi connectivity index (χ1v) is 10.2. The minimum absolute atomic E-state index is 0.0686. The molecule has 30 heavy (non-hydrogen) atoms. The van der Waals surface area contributed by atoms with Crippen LogP contribution in [0.5, 0.6) is 0 Å². The summed E-state index contributed by atoms with van der Waals surface area (Å²) in [4.78, 5) is 26.7. The van der Waals surface area contributed by atoms with Gasteiger partial charge in [0, 0.05) is 23.4 Å². The summed E-state index contributed by atoms with van der Waals surface area (Å²) in [5.74, 6) is 0.119. The summed E-state index contributed by atoms with van der Waals surface area (Å²) in [7, 11) is 0. The largest absolute Gasteiger partial charge is 0.366 e. The van der Waals surface area contributed by atoms with Crippen LogP contribution in [0.4, 0.5) is 5.69 Å². The molecule has 0 saturated carbocycles. The molecule has 0 unspecified atom stereocenters. The Hall–Kier alpha value is -3.65. The van der Waals surface area contributed by atoms with Gasteiger partial charge in [-0.3, -0.25) is 14.9 Å². The Morgan fingerprint density at radius 1 is 1.03 bits per heavy atom.